The molecule has 2 fully saturated rings. The van der Waals surface area contributed by atoms with Gasteiger partial charge in [-0.2, -0.15) is 0 Å². The van der Waals surface area contributed by atoms with Crippen LogP contribution in [0.1, 0.15) is 19.3 Å². The first-order valence-electron chi connectivity index (χ1n) is 7.20. The Hall–Kier alpha value is -0.190. The zero-order valence-electron chi connectivity index (χ0n) is 11.7. The summed E-state index contributed by atoms with van der Waals surface area (Å²) >= 11 is 1.89. The van der Waals surface area contributed by atoms with Crippen LogP contribution < -0.4 is 0 Å². The number of hydrogen-bond donors (Lipinski definition) is 0. The fourth-order valence-corrected chi connectivity index (χ4v) is 3.45. The Balaban J connectivity index is 1.60. The summed E-state index contributed by atoms with van der Waals surface area (Å²) in [7, 11) is 0. The van der Waals surface area contributed by atoms with Gasteiger partial charge in [0.15, 0.2) is 0 Å². The Morgan fingerprint density at radius 3 is 2.33 bits per heavy atom. The molecule has 104 valence electrons. The van der Waals surface area contributed by atoms with E-state index in [0.717, 1.165) is 5.92 Å². The number of piperidine rings is 1. The Bertz CT molecular complexity index is 243. The van der Waals surface area contributed by atoms with Crippen molar-refractivity contribution in [2.24, 2.45) is 5.92 Å². The molecule has 2 saturated heterocycles. The van der Waals surface area contributed by atoms with Crippen molar-refractivity contribution in [1.29, 1.82) is 0 Å². The van der Waals surface area contributed by atoms with Crippen molar-refractivity contribution in [3.05, 3.63) is 12.8 Å². The van der Waals surface area contributed by atoms with Crippen molar-refractivity contribution in [3.63, 3.8) is 0 Å². The van der Waals surface area contributed by atoms with E-state index in [1.54, 1.807) is 0 Å². The first kappa shape index (κ1) is 14.2. The number of rotatable bonds is 5. The fourth-order valence-electron chi connectivity index (χ4n) is 2.93. The molecule has 0 aromatic heterocycles. The molecular formula is C14H27N3S. The summed E-state index contributed by atoms with van der Waals surface area (Å²) in [5, 5.41) is 0. The zero-order valence-corrected chi connectivity index (χ0v) is 12.5. The normalized spacial score (nSPS) is 24.4. The summed E-state index contributed by atoms with van der Waals surface area (Å²) in [6.07, 6.45) is 8.29. The van der Waals surface area contributed by atoms with E-state index in [1.807, 2.05) is 18.1 Å². The maximum Gasteiger partial charge on any atom is 0.0218 e. The predicted octanol–water partition coefficient (Wildman–Crippen LogP) is 2.13. The topological polar surface area (TPSA) is 9.72 Å². The maximum atomic E-state index is 3.86. The molecular weight excluding hydrogens is 242 g/mol. The summed E-state index contributed by atoms with van der Waals surface area (Å²) in [5.41, 5.74) is 0. The van der Waals surface area contributed by atoms with Gasteiger partial charge in [-0.15, -0.1) is 0 Å². The van der Waals surface area contributed by atoms with Crippen molar-refractivity contribution in [2.75, 3.05) is 52.1 Å². The van der Waals surface area contributed by atoms with Crippen LogP contribution in [-0.2, 0) is 0 Å². The third-order valence-electron chi connectivity index (χ3n) is 4.35. The van der Waals surface area contributed by atoms with Crippen molar-refractivity contribution in [3.8, 4) is 0 Å². The number of nitrogens with zero attached hydrogens (tertiary/aromatic N) is 3. The molecule has 0 amide bonds. The predicted molar refractivity (Wildman–Crippen MR) is 80.6 cm³/mol. The highest BCUT2D eigenvalue weighted by molar-refractivity contribution is 7.96. The van der Waals surface area contributed by atoms with Gasteiger partial charge in [0.25, 0.3) is 0 Å². The summed E-state index contributed by atoms with van der Waals surface area (Å²) in [6.45, 7) is 12.6. The van der Waals surface area contributed by atoms with Gasteiger partial charge in [0.1, 0.15) is 0 Å². The Labute approximate surface area is 116 Å². The molecule has 0 aliphatic carbocycles. The highest BCUT2D eigenvalue weighted by atomic mass is 32.2. The van der Waals surface area contributed by atoms with E-state index in [4.69, 9.17) is 0 Å². The van der Waals surface area contributed by atoms with Gasteiger partial charge in [-0.05, 0) is 44.2 Å². The standard InChI is InChI=1S/C14H27N3S/c1-3-15-7-4-14(5-8-15)6-9-16-10-12-17(18-2)13-11-16/h3,14H,1,4-13H2,2H3. The lowest BCUT2D eigenvalue weighted by Gasteiger charge is -2.35. The van der Waals surface area contributed by atoms with E-state index in [9.17, 15) is 0 Å². The maximum absolute atomic E-state index is 3.86. The molecule has 0 N–H and O–H groups in total. The minimum atomic E-state index is 0.944. The molecule has 0 bridgehead atoms. The minimum Gasteiger partial charge on any atom is -0.378 e. The van der Waals surface area contributed by atoms with E-state index in [1.165, 1.54) is 65.1 Å². The van der Waals surface area contributed by atoms with Crippen molar-refractivity contribution >= 4 is 11.9 Å². The molecule has 2 aliphatic heterocycles. The van der Waals surface area contributed by atoms with E-state index in [2.05, 4.69) is 26.9 Å². The van der Waals surface area contributed by atoms with Crippen LogP contribution in [-0.4, -0.2) is 66.2 Å². The van der Waals surface area contributed by atoms with Crippen molar-refractivity contribution in [1.82, 2.24) is 14.1 Å². The molecule has 2 aliphatic rings. The van der Waals surface area contributed by atoms with Gasteiger partial charge in [0.05, 0.1) is 0 Å². The van der Waals surface area contributed by atoms with Crippen LogP contribution in [0.3, 0.4) is 0 Å². The average Bonchev–Trinajstić information content (AvgIpc) is 2.46. The van der Waals surface area contributed by atoms with Crippen LogP contribution in [0.15, 0.2) is 12.8 Å². The molecule has 0 unspecified atom stereocenters. The number of likely N-dealkylation sites (tertiary alicyclic amines) is 1. The van der Waals surface area contributed by atoms with Crippen LogP contribution in [0, 0.1) is 5.92 Å². The second-order valence-electron chi connectivity index (χ2n) is 5.40. The Kier molecular flexibility index (Phi) is 5.86. The van der Waals surface area contributed by atoms with Gasteiger partial charge in [-0.25, -0.2) is 4.31 Å². The van der Waals surface area contributed by atoms with Gasteiger partial charge in [0.2, 0.25) is 0 Å². The van der Waals surface area contributed by atoms with Crippen LogP contribution in [0.2, 0.25) is 0 Å². The van der Waals surface area contributed by atoms with Crippen LogP contribution in [0.4, 0.5) is 0 Å². The lowest BCUT2D eigenvalue weighted by molar-refractivity contribution is 0.166. The van der Waals surface area contributed by atoms with Gasteiger partial charge < -0.3 is 9.80 Å². The lowest BCUT2D eigenvalue weighted by atomic mass is 9.93. The third-order valence-corrected chi connectivity index (χ3v) is 5.23. The molecule has 4 heteroatoms. The molecule has 0 spiro atoms. The zero-order chi connectivity index (χ0) is 12.8. The monoisotopic (exact) mass is 269 g/mol. The van der Waals surface area contributed by atoms with E-state index >= 15 is 0 Å². The van der Waals surface area contributed by atoms with E-state index in [0.29, 0.717) is 0 Å². The highest BCUT2D eigenvalue weighted by Gasteiger charge is 2.20. The molecule has 0 atom stereocenters. The molecule has 0 saturated carbocycles. The number of piperazine rings is 1. The molecule has 2 rings (SSSR count). The molecule has 0 aromatic rings. The summed E-state index contributed by atoms with van der Waals surface area (Å²) < 4.78 is 2.47. The van der Waals surface area contributed by atoms with Crippen LogP contribution in [0.25, 0.3) is 0 Å². The van der Waals surface area contributed by atoms with Gasteiger partial charge >= 0.3 is 0 Å². The third kappa shape index (κ3) is 4.18. The fraction of sp³-hybridized carbons (Fsp3) is 0.857. The average molecular weight is 269 g/mol. The van der Waals surface area contributed by atoms with Crippen LogP contribution >= 0.6 is 11.9 Å². The Morgan fingerprint density at radius 1 is 1.11 bits per heavy atom. The second-order valence-corrected chi connectivity index (χ2v) is 6.29. The van der Waals surface area contributed by atoms with Crippen molar-refractivity contribution in [2.45, 2.75) is 19.3 Å². The largest absolute Gasteiger partial charge is 0.378 e. The molecule has 18 heavy (non-hydrogen) atoms. The van der Waals surface area contributed by atoms with E-state index in [-0.39, 0.29) is 0 Å². The minimum absolute atomic E-state index is 0.944. The smallest absolute Gasteiger partial charge is 0.0218 e. The summed E-state index contributed by atoms with van der Waals surface area (Å²) in [6, 6.07) is 0. The first-order valence-corrected chi connectivity index (χ1v) is 8.38. The Morgan fingerprint density at radius 2 is 1.78 bits per heavy atom. The van der Waals surface area contributed by atoms with Crippen LogP contribution in [0.5, 0.6) is 0 Å². The van der Waals surface area contributed by atoms with E-state index < -0.39 is 0 Å². The number of hydrogen-bond acceptors (Lipinski definition) is 4. The van der Waals surface area contributed by atoms with Gasteiger partial charge in [0, 0.05) is 39.3 Å². The molecule has 0 radical (unpaired) electrons. The molecule has 0 aromatic carbocycles. The first-order chi connectivity index (χ1) is 8.81. The molecule has 3 nitrogen and oxygen atoms in total. The van der Waals surface area contributed by atoms with Gasteiger partial charge in [-0.3, -0.25) is 0 Å². The second kappa shape index (κ2) is 7.41. The van der Waals surface area contributed by atoms with Gasteiger partial charge in [-0.1, -0.05) is 18.5 Å². The van der Waals surface area contributed by atoms with Crippen molar-refractivity contribution < 1.29 is 0 Å². The SMILES string of the molecule is C=CN1CCC(CCN2CCN(SC)CC2)CC1. The summed E-state index contributed by atoms with van der Waals surface area (Å²) in [4.78, 5) is 5.00. The lowest BCUT2D eigenvalue weighted by Crippen LogP contribution is -2.44. The quantitative estimate of drug-likeness (QED) is 0.707. The molecule has 2 heterocycles. The summed E-state index contributed by atoms with van der Waals surface area (Å²) in [5.74, 6) is 0.944. The highest BCUT2D eigenvalue weighted by Crippen LogP contribution is 2.21.